The second kappa shape index (κ2) is 7.61. The standard InChI is InChI=1S/C18H20O4/c1-21-15-9-7-13(8-10-15)11-14(19)12-17(20)16-5-3-4-6-18(16)22-2/h3-10,14,19H,11-12H2,1-2H3. The predicted octanol–water partition coefficient (Wildman–Crippen LogP) is 2.88. The van der Waals surface area contributed by atoms with Crippen molar-refractivity contribution in [1.29, 1.82) is 0 Å². The van der Waals surface area contributed by atoms with Gasteiger partial charge in [-0.3, -0.25) is 4.79 Å². The van der Waals surface area contributed by atoms with Gasteiger partial charge in [0, 0.05) is 6.42 Å². The zero-order chi connectivity index (χ0) is 15.9. The van der Waals surface area contributed by atoms with Gasteiger partial charge in [0.1, 0.15) is 11.5 Å². The zero-order valence-corrected chi connectivity index (χ0v) is 12.8. The van der Waals surface area contributed by atoms with E-state index in [1.54, 1.807) is 25.3 Å². The molecule has 0 aliphatic carbocycles. The van der Waals surface area contributed by atoms with E-state index < -0.39 is 6.10 Å². The van der Waals surface area contributed by atoms with Crippen molar-refractivity contribution in [2.45, 2.75) is 18.9 Å². The fourth-order valence-electron chi connectivity index (χ4n) is 2.30. The molecule has 1 unspecified atom stereocenters. The van der Waals surface area contributed by atoms with E-state index in [2.05, 4.69) is 0 Å². The first-order valence-corrected chi connectivity index (χ1v) is 7.11. The summed E-state index contributed by atoms with van der Waals surface area (Å²) < 4.78 is 10.3. The molecule has 4 nitrogen and oxygen atoms in total. The summed E-state index contributed by atoms with van der Waals surface area (Å²) in [7, 11) is 3.13. The molecule has 0 aliphatic heterocycles. The summed E-state index contributed by atoms with van der Waals surface area (Å²) in [5, 5.41) is 10.1. The van der Waals surface area contributed by atoms with E-state index in [-0.39, 0.29) is 12.2 Å². The van der Waals surface area contributed by atoms with E-state index in [0.29, 0.717) is 17.7 Å². The lowest BCUT2D eigenvalue weighted by Crippen LogP contribution is -2.16. The van der Waals surface area contributed by atoms with Crippen LogP contribution in [0.1, 0.15) is 22.3 Å². The number of benzene rings is 2. The van der Waals surface area contributed by atoms with Gasteiger partial charge in [0.2, 0.25) is 0 Å². The van der Waals surface area contributed by atoms with Crippen LogP contribution in [-0.2, 0) is 6.42 Å². The van der Waals surface area contributed by atoms with Crippen LogP contribution >= 0.6 is 0 Å². The minimum absolute atomic E-state index is 0.0619. The van der Waals surface area contributed by atoms with E-state index in [1.165, 1.54) is 7.11 Å². The molecule has 0 fully saturated rings. The molecular formula is C18H20O4. The molecule has 0 bridgehead atoms. The lowest BCUT2D eigenvalue weighted by Gasteiger charge is -2.12. The normalized spacial score (nSPS) is 11.8. The van der Waals surface area contributed by atoms with Crippen LogP contribution in [0, 0.1) is 0 Å². The molecule has 0 radical (unpaired) electrons. The number of para-hydroxylation sites is 1. The van der Waals surface area contributed by atoms with Gasteiger partial charge in [-0.25, -0.2) is 0 Å². The molecule has 0 saturated carbocycles. The number of carbonyl (C=O) groups is 1. The highest BCUT2D eigenvalue weighted by atomic mass is 16.5. The Morgan fingerprint density at radius 1 is 1.05 bits per heavy atom. The van der Waals surface area contributed by atoms with E-state index in [9.17, 15) is 9.90 Å². The Morgan fingerprint density at radius 3 is 2.36 bits per heavy atom. The predicted molar refractivity (Wildman–Crippen MR) is 84.6 cm³/mol. The van der Waals surface area contributed by atoms with Gasteiger partial charge in [-0.05, 0) is 36.2 Å². The van der Waals surface area contributed by atoms with Gasteiger partial charge in [0.25, 0.3) is 0 Å². The van der Waals surface area contributed by atoms with Crippen LogP contribution in [0.25, 0.3) is 0 Å². The first kappa shape index (κ1) is 16.0. The molecule has 0 aliphatic rings. The number of aliphatic hydroxyl groups is 1. The molecule has 2 rings (SSSR count). The number of methoxy groups -OCH3 is 2. The van der Waals surface area contributed by atoms with Crippen LogP contribution in [0.3, 0.4) is 0 Å². The Balaban J connectivity index is 1.98. The Kier molecular flexibility index (Phi) is 5.55. The van der Waals surface area contributed by atoms with Crippen molar-refractivity contribution >= 4 is 5.78 Å². The van der Waals surface area contributed by atoms with Crippen LogP contribution in [0.15, 0.2) is 48.5 Å². The second-order valence-electron chi connectivity index (χ2n) is 5.03. The van der Waals surface area contributed by atoms with E-state index in [0.717, 1.165) is 11.3 Å². The summed E-state index contributed by atoms with van der Waals surface area (Å²) in [5.41, 5.74) is 1.46. The molecule has 0 heterocycles. The van der Waals surface area contributed by atoms with Gasteiger partial charge in [-0.15, -0.1) is 0 Å². The summed E-state index contributed by atoms with van der Waals surface area (Å²) in [6, 6.07) is 14.5. The SMILES string of the molecule is COc1ccc(CC(O)CC(=O)c2ccccc2OC)cc1. The van der Waals surface area contributed by atoms with Gasteiger partial charge >= 0.3 is 0 Å². The van der Waals surface area contributed by atoms with Gasteiger partial charge in [-0.2, -0.15) is 0 Å². The number of carbonyl (C=O) groups excluding carboxylic acids is 1. The topological polar surface area (TPSA) is 55.8 Å². The first-order valence-electron chi connectivity index (χ1n) is 7.11. The lowest BCUT2D eigenvalue weighted by molar-refractivity contribution is 0.0878. The monoisotopic (exact) mass is 300 g/mol. The van der Waals surface area contributed by atoms with Crippen LogP contribution < -0.4 is 9.47 Å². The van der Waals surface area contributed by atoms with Gasteiger partial charge in [0.05, 0.1) is 25.9 Å². The molecule has 4 heteroatoms. The highest BCUT2D eigenvalue weighted by Crippen LogP contribution is 2.20. The minimum atomic E-state index is -0.731. The number of Topliss-reactive ketones (excluding diaryl/α,β-unsaturated/α-hetero) is 1. The maximum atomic E-state index is 12.3. The molecule has 2 aromatic carbocycles. The molecule has 116 valence electrons. The molecule has 0 saturated heterocycles. The largest absolute Gasteiger partial charge is 0.497 e. The quantitative estimate of drug-likeness (QED) is 0.799. The van der Waals surface area contributed by atoms with Crippen molar-refractivity contribution in [1.82, 2.24) is 0 Å². The highest BCUT2D eigenvalue weighted by molar-refractivity contribution is 5.98. The molecule has 1 atom stereocenters. The summed E-state index contributed by atoms with van der Waals surface area (Å²) in [5.74, 6) is 1.17. The summed E-state index contributed by atoms with van der Waals surface area (Å²) in [6.07, 6.45) is -0.247. The van der Waals surface area contributed by atoms with E-state index in [1.807, 2.05) is 30.3 Å². The maximum Gasteiger partial charge on any atom is 0.169 e. The van der Waals surface area contributed by atoms with Crippen LogP contribution in [-0.4, -0.2) is 31.2 Å². The van der Waals surface area contributed by atoms with Crippen molar-refractivity contribution in [2.75, 3.05) is 14.2 Å². The van der Waals surface area contributed by atoms with E-state index >= 15 is 0 Å². The summed E-state index contributed by atoms with van der Waals surface area (Å²) >= 11 is 0. The van der Waals surface area contributed by atoms with Crippen molar-refractivity contribution in [3.05, 3.63) is 59.7 Å². The van der Waals surface area contributed by atoms with Crippen LogP contribution in [0.2, 0.25) is 0 Å². The van der Waals surface area contributed by atoms with Gasteiger partial charge < -0.3 is 14.6 Å². The van der Waals surface area contributed by atoms with Gasteiger partial charge in [-0.1, -0.05) is 24.3 Å². The average molecular weight is 300 g/mol. The Hall–Kier alpha value is -2.33. The highest BCUT2D eigenvalue weighted by Gasteiger charge is 2.16. The minimum Gasteiger partial charge on any atom is -0.497 e. The number of aliphatic hydroxyl groups excluding tert-OH is 1. The number of ketones is 1. The smallest absolute Gasteiger partial charge is 0.169 e. The molecule has 0 amide bonds. The average Bonchev–Trinajstić information content (AvgIpc) is 2.55. The van der Waals surface area contributed by atoms with Gasteiger partial charge in [0.15, 0.2) is 5.78 Å². The van der Waals surface area contributed by atoms with Crippen molar-refractivity contribution in [2.24, 2.45) is 0 Å². The fourth-order valence-corrected chi connectivity index (χ4v) is 2.30. The lowest BCUT2D eigenvalue weighted by atomic mass is 9.99. The third-order valence-electron chi connectivity index (χ3n) is 3.46. The number of rotatable bonds is 7. The number of ether oxygens (including phenoxy) is 2. The number of hydrogen-bond donors (Lipinski definition) is 1. The Labute approximate surface area is 130 Å². The first-order chi connectivity index (χ1) is 10.6. The third-order valence-corrected chi connectivity index (χ3v) is 3.46. The Bertz CT molecular complexity index is 619. The molecule has 1 N–H and O–H groups in total. The van der Waals surface area contributed by atoms with Crippen LogP contribution in [0.4, 0.5) is 0 Å². The fraction of sp³-hybridized carbons (Fsp3) is 0.278. The zero-order valence-electron chi connectivity index (χ0n) is 12.8. The Morgan fingerprint density at radius 2 is 1.73 bits per heavy atom. The molecule has 0 spiro atoms. The molecule has 0 aromatic heterocycles. The molecule has 2 aromatic rings. The van der Waals surface area contributed by atoms with Crippen molar-refractivity contribution in [3.8, 4) is 11.5 Å². The third kappa shape index (κ3) is 4.09. The van der Waals surface area contributed by atoms with Crippen LogP contribution in [0.5, 0.6) is 11.5 Å². The van der Waals surface area contributed by atoms with Crippen molar-refractivity contribution in [3.63, 3.8) is 0 Å². The second-order valence-corrected chi connectivity index (χ2v) is 5.03. The maximum absolute atomic E-state index is 12.3. The van der Waals surface area contributed by atoms with E-state index in [4.69, 9.17) is 9.47 Å². The number of hydrogen-bond acceptors (Lipinski definition) is 4. The summed E-state index contributed by atoms with van der Waals surface area (Å²) in [6.45, 7) is 0. The van der Waals surface area contributed by atoms with Crippen molar-refractivity contribution < 1.29 is 19.4 Å². The molecular weight excluding hydrogens is 280 g/mol. The molecule has 22 heavy (non-hydrogen) atoms. The summed E-state index contributed by atoms with van der Waals surface area (Å²) in [4.78, 5) is 12.3.